The molecule has 0 saturated carbocycles. The Labute approximate surface area is 860 Å². The number of carbonyl (C=O) groups excluding carboxylic acids is 22. The molecule has 146 heavy (non-hydrogen) atoms. The number of hydrogen-bond acceptors (Lipinski definition) is 34. The summed E-state index contributed by atoms with van der Waals surface area (Å²) in [5.74, 6) is -1.58. The first kappa shape index (κ1) is 152. The van der Waals surface area contributed by atoms with E-state index in [-0.39, 0.29) is 123 Å². The summed E-state index contributed by atoms with van der Waals surface area (Å²) in [4.78, 5) is 242. The van der Waals surface area contributed by atoms with E-state index >= 15 is 0 Å². The first-order valence-electron chi connectivity index (χ1n) is 47.4. The average Bonchev–Trinajstić information content (AvgIpc) is 0.928. The Morgan fingerprint density at radius 3 is 0.548 bits per heavy atom. The van der Waals surface area contributed by atoms with Crippen molar-refractivity contribution in [3.63, 3.8) is 0 Å². The number of methoxy groups -OCH3 is 12. The molecule has 56 nitrogen and oxygen atoms in total. The molecule has 0 aromatic heterocycles. The smallest absolute Gasteiger partial charge is 0.408 e. The van der Waals surface area contributed by atoms with Gasteiger partial charge in [-0.1, -0.05) is 69.2 Å². The van der Waals surface area contributed by atoms with Crippen molar-refractivity contribution in [1.29, 1.82) is 0 Å². The van der Waals surface area contributed by atoms with Crippen LogP contribution in [-0.4, -0.2) is 360 Å². The average molecular weight is 2110 g/mol. The summed E-state index contributed by atoms with van der Waals surface area (Å²) in [6.45, 7) is 30.3. The lowest BCUT2D eigenvalue weighted by molar-refractivity contribution is -0.136. The van der Waals surface area contributed by atoms with Gasteiger partial charge in [-0.15, -0.1) is 0 Å². The lowest BCUT2D eigenvalue weighted by Crippen LogP contribution is -2.46. The molecular weight excluding hydrogens is 1930 g/mol. The van der Waals surface area contributed by atoms with Crippen LogP contribution in [0, 0.1) is 35.5 Å². The van der Waals surface area contributed by atoms with Gasteiger partial charge in [0.05, 0.1) is 112 Å². The molecule has 0 rings (SSSR count). The minimum absolute atomic E-state index is 0.0266. The molecule has 852 valence electrons. The second-order valence-electron chi connectivity index (χ2n) is 29.9. The third-order valence-electron chi connectivity index (χ3n) is 19.4. The van der Waals surface area contributed by atoms with E-state index < -0.39 is 85.0 Å². The minimum Gasteiger partial charge on any atom is -0.453 e. The van der Waals surface area contributed by atoms with E-state index in [1.54, 1.807) is 27.7 Å². The molecule has 0 bridgehead atoms. The number of ether oxygens (including phenoxy) is 12. The molecule has 2 atom stereocenters. The van der Waals surface area contributed by atoms with Crippen LogP contribution < -0.4 is 106 Å². The molecule has 20 N–H and O–H groups in total. The lowest BCUT2D eigenvalue weighted by atomic mass is 10.1. The summed E-state index contributed by atoms with van der Waals surface area (Å²) in [7, 11) is 21.6. The predicted octanol–water partition coefficient (Wildman–Crippen LogP) is 4.03. The van der Waals surface area contributed by atoms with Gasteiger partial charge < -0.3 is 173 Å². The minimum atomic E-state index is -0.656. The van der Waals surface area contributed by atoms with E-state index in [4.69, 9.17) is 0 Å². The number of rotatable bonds is 50. The fraction of sp³-hybridized carbons (Fsp3) is 0.756. The highest BCUT2D eigenvalue weighted by Gasteiger charge is 2.25. The largest absolute Gasteiger partial charge is 0.453 e. The van der Waals surface area contributed by atoms with Gasteiger partial charge in [-0.05, 0) is 114 Å². The van der Waals surface area contributed by atoms with Crippen molar-refractivity contribution >= 4 is 132 Å². The highest BCUT2D eigenvalue weighted by molar-refractivity contribution is 6.00. The van der Waals surface area contributed by atoms with Crippen molar-refractivity contribution in [3.8, 4) is 0 Å². The second-order valence-corrected chi connectivity index (χ2v) is 29.9. The van der Waals surface area contributed by atoms with Gasteiger partial charge >= 0.3 is 73.1 Å². The van der Waals surface area contributed by atoms with Crippen molar-refractivity contribution in [2.45, 2.75) is 212 Å². The Morgan fingerprint density at radius 1 is 0.219 bits per heavy atom. The Kier molecular flexibility index (Phi) is 111. The van der Waals surface area contributed by atoms with Gasteiger partial charge in [-0.2, -0.15) is 0 Å². The van der Waals surface area contributed by atoms with Crippen LogP contribution in [-0.2, 0) is 105 Å². The van der Waals surface area contributed by atoms with Crippen molar-refractivity contribution in [2.24, 2.45) is 35.5 Å². The molecule has 2 unspecified atom stereocenters. The monoisotopic (exact) mass is 2110 g/mol. The Balaban J connectivity index is -0.000000177. The predicted molar refractivity (Wildman–Crippen MR) is 539 cm³/mol. The van der Waals surface area contributed by atoms with Crippen LogP contribution in [0.5, 0.6) is 0 Å². The quantitative estimate of drug-likeness (QED) is 0.0177. The standard InChI is InChI=1S/2C11H22N2O4.2C9H17N3O5.2C9H18N2O4.2C9H18N2O2.2C7H14N2O2/c2*1-4-9(13-11(15)17-3)7-5-6-8-12-10(14)16-2;2*1-4-7(13)12(5-10-8(14)16-2)6-11-9(15)17-3;2*1-4-7(5-10-8(12)14-2)6-11-9(13)15-3;2*1-4-9(5-10-7(2)12)6-11-8(3)13;2*1-4-5(6(10)8-2)7(11)9-3/h2*9H,4-8H2,1-3H3,(H,12,14)(H,13,15);2*4-6H2,1-3H3,(H,10,14)(H,11,15);2*7H,4-6H2,1-3H3,(H,10,12)(H,11,13);2*9H,4-6H2,1-3H3,(H,10,12)(H,11,13);2*5H,4H2,1-3H3,(H,8,10)(H,9,11). The number of hydrogen-bond donors (Lipinski definition) is 20. The molecule has 0 fully saturated rings. The maximum atomic E-state index is 11.5. The number of unbranched alkanes of at least 4 members (excludes halogenated alkanes) is 2. The van der Waals surface area contributed by atoms with E-state index in [1.807, 2.05) is 41.5 Å². The van der Waals surface area contributed by atoms with Gasteiger partial charge in [0.15, 0.2) is 0 Å². The molecule has 0 aliphatic heterocycles. The number of alkyl carbamates (subject to hydrolysis) is 12. The molecule has 22 amide bonds. The number of carbonyl (C=O) groups is 22. The molecule has 0 heterocycles. The Bertz CT molecular complexity index is 3230. The zero-order chi connectivity index (χ0) is 114. The third kappa shape index (κ3) is 101. The molecule has 0 saturated heterocycles. The van der Waals surface area contributed by atoms with Crippen LogP contribution >= 0.6 is 0 Å². The molecule has 0 aliphatic carbocycles. The summed E-state index contributed by atoms with van der Waals surface area (Å²) in [6, 6.07) is 0.251. The normalized spacial score (nSPS) is 9.95. The second kappa shape index (κ2) is 107. The Hall–Kier alpha value is -14.1. The van der Waals surface area contributed by atoms with Gasteiger partial charge in [-0.25, -0.2) is 57.5 Å². The van der Waals surface area contributed by atoms with Crippen molar-refractivity contribution in [1.82, 2.24) is 116 Å². The summed E-state index contributed by atoms with van der Waals surface area (Å²) < 4.78 is 53.1. The molecule has 0 aromatic rings. The summed E-state index contributed by atoms with van der Waals surface area (Å²) in [5.41, 5.74) is 0. The van der Waals surface area contributed by atoms with Crippen molar-refractivity contribution < 1.29 is 162 Å². The van der Waals surface area contributed by atoms with E-state index in [0.29, 0.717) is 90.1 Å². The van der Waals surface area contributed by atoms with Crippen LogP contribution in [0.4, 0.5) is 57.5 Å². The van der Waals surface area contributed by atoms with E-state index in [1.165, 1.54) is 151 Å². The zero-order valence-corrected chi connectivity index (χ0v) is 91.6. The van der Waals surface area contributed by atoms with E-state index in [9.17, 15) is 105 Å². The lowest BCUT2D eigenvalue weighted by Gasteiger charge is -2.22. The molecule has 0 aromatic carbocycles. The van der Waals surface area contributed by atoms with Crippen LogP contribution in [0.1, 0.15) is 200 Å². The zero-order valence-electron chi connectivity index (χ0n) is 91.6. The summed E-state index contributed by atoms with van der Waals surface area (Å²) in [5, 5.41) is 51.0. The van der Waals surface area contributed by atoms with Gasteiger partial charge in [-0.3, -0.25) is 47.9 Å². The number of nitrogens with one attached hydrogen (secondary N) is 20. The highest BCUT2D eigenvalue weighted by Crippen LogP contribution is 2.09. The van der Waals surface area contributed by atoms with Crippen LogP contribution in [0.25, 0.3) is 0 Å². The molecule has 0 radical (unpaired) electrons. The highest BCUT2D eigenvalue weighted by atomic mass is 16.6. The maximum Gasteiger partial charge on any atom is 0.408 e. The van der Waals surface area contributed by atoms with Gasteiger partial charge in [0.1, 0.15) is 11.8 Å². The molecular formula is C90H178N22O34. The molecule has 56 heteroatoms. The van der Waals surface area contributed by atoms with Crippen LogP contribution in [0.3, 0.4) is 0 Å². The van der Waals surface area contributed by atoms with E-state index in [0.717, 1.165) is 77.0 Å². The van der Waals surface area contributed by atoms with Crippen LogP contribution in [0.2, 0.25) is 0 Å². The van der Waals surface area contributed by atoms with E-state index in [2.05, 4.69) is 163 Å². The fourth-order valence-corrected chi connectivity index (χ4v) is 10.1. The number of nitrogens with zero attached hydrogens (tertiary/aromatic N) is 2. The topological polar surface area (TPSA) is 733 Å². The molecule has 0 spiro atoms. The Morgan fingerprint density at radius 2 is 0.397 bits per heavy atom. The summed E-state index contributed by atoms with van der Waals surface area (Å²) >= 11 is 0. The third-order valence-corrected chi connectivity index (χ3v) is 19.4. The first-order valence-corrected chi connectivity index (χ1v) is 47.4. The van der Waals surface area contributed by atoms with Crippen LogP contribution in [0.15, 0.2) is 0 Å². The summed E-state index contributed by atoms with van der Waals surface area (Å²) in [6.07, 6.45) is 6.05. The number of amides is 22. The first-order chi connectivity index (χ1) is 69.1. The van der Waals surface area contributed by atoms with Gasteiger partial charge in [0.25, 0.3) is 0 Å². The van der Waals surface area contributed by atoms with Gasteiger partial charge in [0, 0.05) is 146 Å². The van der Waals surface area contributed by atoms with Crippen molar-refractivity contribution in [3.05, 3.63) is 0 Å². The maximum absolute atomic E-state index is 11.5. The van der Waals surface area contributed by atoms with Gasteiger partial charge in [0.2, 0.25) is 59.1 Å². The SMILES string of the molecule is CCC(=O)N(CNC(=O)OC)CNC(=O)OC.CCC(=O)N(CNC(=O)OC)CNC(=O)OC.CCC(C(=O)NC)C(=O)NC.CCC(C(=O)NC)C(=O)NC.CCC(CCCCNC(=O)OC)NC(=O)OC.CCC(CCCCNC(=O)OC)NC(=O)OC.CCC(CNC(=O)OC)CNC(=O)OC.CCC(CNC(=O)OC)CNC(=O)OC.CCC(CNC(C)=O)CNC(C)=O.CCC(CNC(C)=O)CNC(C)=O. The fourth-order valence-electron chi connectivity index (χ4n) is 10.1. The molecule has 0 aliphatic rings. The van der Waals surface area contributed by atoms with Crippen molar-refractivity contribution in [2.75, 3.05) is 206 Å².